The van der Waals surface area contributed by atoms with E-state index in [1.165, 1.54) is 10.6 Å². The molecule has 0 bridgehead atoms. The van der Waals surface area contributed by atoms with Crippen molar-refractivity contribution in [1.82, 2.24) is 20.0 Å². The van der Waals surface area contributed by atoms with E-state index < -0.39 is 5.41 Å². The van der Waals surface area contributed by atoms with Gasteiger partial charge in [-0.25, -0.2) is 0 Å². The zero-order valence-corrected chi connectivity index (χ0v) is 15.7. The molecule has 0 unspecified atom stereocenters. The van der Waals surface area contributed by atoms with Crippen molar-refractivity contribution in [1.29, 1.82) is 0 Å². The highest BCUT2D eigenvalue weighted by Crippen LogP contribution is 2.24. The molecule has 2 heterocycles. The third kappa shape index (κ3) is 4.78. The van der Waals surface area contributed by atoms with Crippen LogP contribution in [0.15, 0.2) is 27.6 Å². The molecule has 7 nitrogen and oxygen atoms in total. The molecule has 1 atom stereocenters. The van der Waals surface area contributed by atoms with E-state index in [-0.39, 0.29) is 17.5 Å². The maximum Gasteiger partial charge on any atom is 0.250 e. The van der Waals surface area contributed by atoms with E-state index in [1.54, 1.807) is 19.3 Å². The first-order valence-electron chi connectivity index (χ1n) is 8.39. The van der Waals surface area contributed by atoms with E-state index in [0.717, 1.165) is 0 Å². The van der Waals surface area contributed by atoms with Gasteiger partial charge in [0.1, 0.15) is 6.04 Å². The summed E-state index contributed by atoms with van der Waals surface area (Å²) >= 11 is 0. The van der Waals surface area contributed by atoms with Gasteiger partial charge in [0.05, 0.1) is 0 Å². The van der Waals surface area contributed by atoms with Crippen molar-refractivity contribution >= 4 is 5.91 Å². The highest BCUT2D eigenvalue weighted by molar-refractivity contribution is 5.81. The van der Waals surface area contributed by atoms with E-state index in [2.05, 4.69) is 29.3 Å². The molecule has 0 aliphatic carbocycles. The first-order chi connectivity index (χ1) is 11.6. The SMILES string of the molecule is CC(C)C[C@H](NC(=O)C(C)(C)C)c1nc(-c2ccn(C)c(=O)c2)no1. The van der Waals surface area contributed by atoms with Crippen LogP contribution in [0.2, 0.25) is 0 Å². The molecular weight excluding hydrogens is 320 g/mol. The largest absolute Gasteiger partial charge is 0.344 e. The van der Waals surface area contributed by atoms with Gasteiger partial charge < -0.3 is 14.4 Å². The zero-order valence-electron chi connectivity index (χ0n) is 15.7. The van der Waals surface area contributed by atoms with Gasteiger partial charge in [-0.3, -0.25) is 9.59 Å². The van der Waals surface area contributed by atoms with Gasteiger partial charge in [-0.15, -0.1) is 0 Å². The molecule has 25 heavy (non-hydrogen) atoms. The molecule has 1 N–H and O–H groups in total. The predicted octanol–water partition coefficient (Wildman–Crippen LogP) is 2.68. The lowest BCUT2D eigenvalue weighted by molar-refractivity contribution is -0.129. The fourth-order valence-electron chi connectivity index (χ4n) is 2.25. The Morgan fingerprint density at radius 2 is 2.04 bits per heavy atom. The van der Waals surface area contributed by atoms with Gasteiger partial charge >= 0.3 is 0 Å². The number of carbonyl (C=O) groups excluding carboxylic acids is 1. The molecule has 136 valence electrons. The first kappa shape index (κ1) is 18.9. The van der Waals surface area contributed by atoms with Crippen molar-refractivity contribution in [2.75, 3.05) is 0 Å². The van der Waals surface area contributed by atoms with Crippen LogP contribution in [-0.4, -0.2) is 20.6 Å². The smallest absolute Gasteiger partial charge is 0.250 e. The zero-order chi connectivity index (χ0) is 18.8. The highest BCUT2D eigenvalue weighted by atomic mass is 16.5. The van der Waals surface area contributed by atoms with Crippen molar-refractivity contribution in [3.05, 3.63) is 34.6 Å². The first-order valence-corrected chi connectivity index (χ1v) is 8.39. The van der Waals surface area contributed by atoms with E-state index in [1.807, 2.05) is 20.8 Å². The Labute approximate surface area is 147 Å². The maximum absolute atomic E-state index is 12.3. The number of hydrogen-bond acceptors (Lipinski definition) is 5. The summed E-state index contributed by atoms with van der Waals surface area (Å²) in [5, 5.41) is 6.96. The monoisotopic (exact) mass is 346 g/mol. The molecule has 0 aromatic carbocycles. The molecule has 0 aliphatic heterocycles. The summed E-state index contributed by atoms with van der Waals surface area (Å²) in [6, 6.07) is 2.85. The van der Waals surface area contributed by atoms with Crippen LogP contribution in [0.4, 0.5) is 0 Å². The average Bonchev–Trinajstić information content (AvgIpc) is 2.97. The number of aromatic nitrogens is 3. The van der Waals surface area contributed by atoms with Crippen LogP contribution in [0.3, 0.4) is 0 Å². The summed E-state index contributed by atoms with van der Waals surface area (Å²) in [5.41, 5.74) is -0.0730. The molecule has 0 radical (unpaired) electrons. The van der Waals surface area contributed by atoms with Gasteiger partial charge in [-0.2, -0.15) is 4.98 Å². The number of amides is 1. The van der Waals surface area contributed by atoms with Crippen molar-refractivity contribution in [3.8, 4) is 11.4 Å². The lowest BCUT2D eigenvalue weighted by Gasteiger charge is -2.23. The molecule has 1 amide bonds. The van der Waals surface area contributed by atoms with Crippen LogP contribution in [0.1, 0.15) is 53.0 Å². The predicted molar refractivity (Wildman–Crippen MR) is 94.8 cm³/mol. The minimum Gasteiger partial charge on any atom is -0.344 e. The van der Waals surface area contributed by atoms with Gasteiger partial charge in [0.25, 0.3) is 5.56 Å². The number of nitrogens with one attached hydrogen (secondary N) is 1. The Balaban J connectivity index is 2.29. The Bertz CT molecular complexity index is 799. The Hall–Kier alpha value is -2.44. The van der Waals surface area contributed by atoms with Gasteiger partial charge in [0.2, 0.25) is 17.6 Å². The number of pyridine rings is 1. The van der Waals surface area contributed by atoms with Crippen molar-refractivity contribution in [2.24, 2.45) is 18.4 Å². The van der Waals surface area contributed by atoms with Crippen LogP contribution in [0.25, 0.3) is 11.4 Å². The van der Waals surface area contributed by atoms with E-state index in [4.69, 9.17) is 4.52 Å². The second-order valence-corrected chi connectivity index (χ2v) is 7.73. The van der Waals surface area contributed by atoms with Crippen molar-refractivity contribution < 1.29 is 9.32 Å². The topological polar surface area (TPSA) is 90.0 Å². The molecule has 2 aromatic rings. The van der Waals surface area contributed by atoms with E-state index in [0.29, 0.717) is 29.6 Å². The Morgan fingerprint density at radius 3 is 2.60 bits per heavy atom. The normalized spacial score (nSPS) is 13.1. The second kappa shape index (κ2) is 7.21. The van der Waals surface area contributed by atoms with Crippen LogP contribution < -0.4 is 10.9 Å². The van der Waals surface area contributed by atoms with Crippen molar-refractivity contribution in [2.45, 2.75) is 47.1 Å². The molecule has 2 rings (SSSR count). The van der Waals surface area contributed by atoms with Crippen molar-refractivity contribution in [3.63, 3.8) is 0 Å². The highest BCUT2D eigenvalue weighted by Gasteiger charge is 2.28. The summed E-state index contributed by atoms with van der Waals surface area (Å²) in [7, 11) is 1.68. The van der Waals surface area contributed by atoms with E-state index in [9.17, 15) is 9.59 Å². The molecular formula is C18H26N4O3. The minimum absolute atomic E-state index is 0.0773. The number of nitrogens with zero attached hydrogens (tertiary/aromatic N) is 3. The third-order valence-electron chi connectivity index (χ3n) is 3.80. The molecule has 0 saturated carbocycles. The lowest BCUT2D eigenvalue weighted by Crippen LogP contribution is -2.38. The summed E-state index contributed by atoms with van der Waals surface area (Å²) in [6.45, 7) is 9.69. The Morgan fingerprint density at radius 1 is 1.36 bits per heavy atom. The van der Waals surface area contributed by atoms with E-state index >= 15 is 0 Å². The van der Waals surface area contributed by atoms with Crippen LogP contribution in [-0.2, 0) is 11.8 Å². The molecule has 0 spiro atoms. The van der Waals surface area contributed by atoms with Crippen LogP contribution >= 0.6 is 0 Å². The summed E-state index contributed by atoms with van der Waals surface area (Å²) in [5.74, 6) is 0.949. The standard InChI is InChI=1S/C18H26N4O3/c1-11(2)9-13(19-17(24)18(3,4)5)16-20-15(21-25-16)12-7-8-22(6)14(23)10-12/h7-8,10-11,13H,9H2,1-6H3,(H,19,24)/t13-/m0/s1. The average molecular weight is 346 g/mol. The number of aryl methyl sites for hydroxylation is 1. The van der Waals surface area contributed by atoms with Gasteiger partial charge in [-0.05, 0) is 18.4 Å². The number of carbonyl (C=O) groups is 1. The molecule has 0 aliphatic rings. The fourth-order valence-corrected chi connectivity index (χ4v) is 2.25. The molecule has 0 fully saturated rings. The third-order valence-corrected chi connectivity index (χ3v) is 3.80. The summed E-state index contributed by atoms with van der Waals surface area (Å²) in [6.07, 6.45) is 2.33. The minimum atomic E-state index is -0.510. The van der Waals surface area contributed by atoms with Gasteiger partial charge in [0, 0.05) is 30.3 Å². The molecule has 7 heteroatoms. The lowest BCUT2D eigenvalue weighted by atomic mass is 9.94. The number of hydrogen-bond donors (Lipinski definition) is 1. The summed E-state index contributed by atoms with van der Waals surface area (Å²) in [4.78, 5) is 28.5. The fraction of sp³-hybridized carbons (Fsp3) is 0.556. The quantitative estimate of drug-likeness (QED) is 0.899. The van der Waals surface area contributed by atoms with Gasteiger partial charge in [0.15, 0.2) is 0 Å². The molecule has 2 aromatic heterocycles. The maximum atomic E-state index is 12.3. The second-order valence-electron chi connectivity index (χ2n) is 7.73. The van der Waals surface area contributed by atoms with Crippen LogP contribution in [0, 0.1) is 11.3 Å². The Kier molecular flexibility index (Phi) is 5.45. The number of rotatable bonds is 5. The van der Waals surface area contributed by atoms with Crippen LogP contribution in [0.5, 0.6) is 0 Å². The molecule has 0 saturated heterocycles. The summed E-state index contributed by atoms with van der Waals surface area (Å²) < 4.78 is 6.85. The van der Waals surface area contributed by atoms with Gasteiger partial charge in [-0.1, -0.05) is 39.8 Å².